The normalized spacial score (nSPS) is 17.1. The van der Waals surface area contributed by atoms with Crippen molar-refractivity contribution in [3.05, 3.63) is 34.1 Å². The zero-order chi connectivity index (χ0) is 20.7. The minimum atomic E-state index is -4.82. The lowest BCUT2D eigenvalue weighted by Crippen LogP contribution is -2.52. The Bertz CT molecular complexity index is 1040. The van der Waals surface area contributed by atoms with Gasteiger partial charge in [-0.25, -0.2) is 4.79 Å². The van der Waals surface area contributed by atoms with E-state index in [-0.39, 0.29) is 17.0 Å². The van der Waals surface area contributed by atoms with Gasteiger partial charge in [0.15, 0.2) is 16.3 Å². The van der Waals surface area contributed by atoms with Crippen molar-refractivity contribution in [3.63, 3.8) is 0 Å². The average Bonchev–Trinajstić information content (AvgIpc) is 2.95. The van der Waals surface area contributed by atoms with Gasteiger partial charge in [-0.2, -0.15) is 22.6 Å². The number of rotatable bonds is 2. The largest absolute Gasteiger partial charge is 0.507 e. The summed E-state index contributed by atoms with van der Waals surface area (Å²) in [4.78, 5) is 18.3. The number of carbonyl (C=O) groups is 1. The summed E-state index contributed by atoms with van der Waals surface area (Å²) in [6.07, 6.45) is -2.84. The summed E-state index contributed by atoms with van der Waals surface area (Å²) >= 11 is 1.17. The predicted octanol–water partition coefficient (Wildman–Crippen LogP) is 3.39. The molecule has 1 aliphatic rings. The fourth-order valence-electron chi connectivity index (χ4n) is 2.30. The van der Waals surface area contributed by atoms with Crippen molar-refractivity contribution >= 4 is 17.4 Å². The number of aryl methyl sites for hydroxylation is 1. The van der Waals surface area contributed by atoms with E-state index in [1.54, 1.807) is 13.1 Å². The smallest absolute Gasteiger partial charge is 0.421 e. The van der Waals surface area contributed by atoms with Gasteiger partial charge in [-0.1, -0.05) is 5.92 Å². The molecule has 0 saturated heterocycles. The van der Waals surface area contributed by atoms with Crippen LogP contribution in [-0.4, -0.2) is 41.3 Å². The summed E-state index contributed by atoms with van der Waals surface area (Å²) in [7, 11) is 1.48. The van der Waals surface area contributed by atoms with Gasteiger partial charge in [-0.15, -0.1) is 17.8 Å². The highest BCUT2D eigenvalue weighted by Gasteiger charge is 2.65. The number of hydrogen-bond acceptors (Lipinski definition) is 4. The Labute approximate surface area is 160 Å². The van der Waals surface area contributed by atoms with Crippen molar-refractivity contribution in [3.8, 4) is 29.5 Å². The van der Waals surface area contributed by atoms with E-state index in [0.717, 1.165) is 17.0 Å². The highest BCUT2D eigenvalue weighted by atomic mass is 32.1. The van der Waals surface area contributed by atoms with Crippen LogP contribution < -0.4 is 14.3 Å². The van der Waals surface area contributed by atoms with E-state index in [1.165, 1.54) is 33.9 Å². The first-order valence-corrected chi connectivity index (χ1v) is 8.56. The van der Waals surface area contributed by atoms with Crippen molar-refractivity contribution in [2.45, 2.75) is 19.1 Å². The number of nitrogens with zero attached hydrogens (tertiary/aromatic N) is 3. The maximum absolute atomic E-state index is 13.4. The summed E-state index contributed by atoms with van der Waals surface area (Å²) < 4.78 is 63.0. The lowest BCUT2D eigenvalue weighted by atomic mass is 10.2. The molecule has 0 N–H and O–H groups in total. The zero-order valence-corrected chi connectivity index (χ0v) is 15.4. The van der Waals surface area contributed by atoms with E-state index in [1.807, 2.05) is 0 Å². The Morgan fingerprint density at radius 2 is 1.93 bits per heavy atom. The zero-order valence-electron chi connectivity index (χ0n) is 14.6. The Kier molecular flexibility index (Phi) is 4.84. The van der Waals surface area contributed by atoms with Gasteiger partial charge in [0.25, 0.3) is 0 Å². The molecule has 0 spiro atoms. The first kappa shape index (κ1) is 19.8. The molecule has 0 saturated carbocycles. The van der Waals surface area contributed by atoms with Crippen LogP contribution in [0.3, 0.4) is 0 Å². The molecular weight excluding hydrogens is 402 g/mol. The van der Waals surface area contributed by atoms with Crippen LogP contribution in [0.15, 0.2) is 29.4 Å². The number of alkyl halides is 4. The molecule has 1 aromatic heterocycles. The number of aromatic nitrogens is 1. The number of hydrogen-bond donors (Lipinski definition) is 0. The van der Waals surface area contributed by atoms with Crippen molar-refractivity contribution in [1.29, 1.82) is 0 Å². The Balaban J connectivity index is 2.03. The summed E-state index contributed by atoms with van der Waals surface area (Å²) in [6.45, 7) is 1.81. The molecule has 148 valence electrons. The van der Waals surface area contributed by atoms with Crippen molar-refractivity contribution in [2.24, 2.45) is 4.99 Å². The average molecular weight is 415 g/mol. The molecule has 0 aliphatic carbocycles. The van der Waals surface area contributed by atoms with Gasteiger partial charge in [0.2, 0.25) is 0 Å². The maximum Gasteiger partial charge on any atom is 0.507 e. The molecule has 1 aromatic carbocycles. The summed E-state index contributed by atoms with van der Waals surface area (Å²) in [5, 5.41) is 0. The minimum absolute atomic E-state index is 0.0556. The van der Waals surface area contributed by atoms with Crippen LogP contribution in [0.1, 0.15) is 4.88 Å². The van der Waals surface area contributed by atoms with Crippen molar-refractivity contribution in [2.75, 3.05) is 13.6 Å². The predicted molar refractivity (Wildman–Crippen MR) is 92.0 cm³/mol. The number of benzene rings is 1. The lowest BCUT2D eigenvalue weighted by molar-refractivity contribution is -0.391. The molecule has 2 amide bonds. The van der Waals surface area contributed by atoms with Gasteiger partial charge in [0, 0.05) is 24.2 Å². The second-order valence-electron chi connectivity index (χ2n) is 5.82. The highest BCUT2D eigenvalue weighted by Crippen LogP contribution is 2.47. The van der Waals surface area contributed by atoms with Crippen LogP contribution in [0.2, 0.25) is 0 Å². The molecular formula is C17H13F4N3O3S. The van der Waals surface area contributed by atoms with Crippen LogP contribution in [0.5, 0.6) is 11.5 Å². The summed E-state index contributed by atoms with van der Waals surface area (Å²) in [6, 6.07) is 2.92. The minimum Gasteiger partial charge on any atom is -0.421 e. The molecule has 0 unspecified atom stereocenters. The molecule has 0 bridgehead atoms. The highest BCUT2D eigenvalue weighted by molar-refractivity contribution is 7.09. The summed E-state index contributed by atoms with van der Waals surface area (Å²) in [5.74, 6) is 1.22. The molecule has 2 aromatic rings. The number of terminal acetylenes is 1. The SMILES string of the molecule is C#CCN(C)C(=O)N=c1sc(C)cn1-c1ccc2c(c1)OC(F)(F)C(F)(F)O2. The van der Waals surface area contributed by atoms with Gasteiger partial charge in [-0.3, -0.25) is 4.57 Å². The third-order valence-corrected chi connectivity index (χ3v) is 4.53. The molecule has 28 heavy (non-hydrogen) atoms. The third-order valence-electron chi connectivity index (χ3n) is 3.64. The van der Waals surface area contributed by atoms with E-state index in [0.29, 0.717) is 0 Å². The van der Waals surface area contributed by atoms with Gasteiger partial charge in [0.1, 0.15) is 0 Å². The first-order chi connectivity index (χ1) is 13.0. The van der Waals surface area contributed by atoms with Crippen LogP contribution >= 0.6 is 11.3 Å². The van der Waals surface area contributed by atoms with Gasteiger partial charge < -0.3 is 14.4 Å². The maximum atomic E-state index is 13.4. The first-order valence-electron chi connectivity index (χ1n) is 7.74. The van der Waals surface area contributed by atoms with E-state index < -0.39 is 29.7 Å². The van der Waals surface area contributed by atoms with Crippen LogP contribution in [0.4, 0.5) is 22.4 Å². The second-order valence-corrected chi connectivity index (χ2v) is 7.03. The number of ether oxygens (including phenoxy) is 2. The second kappa shape index (κ2) is 6.87. The molecule has 0 atom stereocenters. The Hall–Kier alpha value is -3.00. The van der Waals surface area contributed by atoms with Crippen molar-refractivity contribution < 1.29 is 31.8 Å². The number of halogens is 4. The molecule has 0 radical (unpaired) electrons. The van der Waals surface area contributed by atoms with Gasteiger partial charge in [0.05, 0.1) is 12.2 Å². The Morgan fingerprint density at radius 3 is 2.57 bits per heavy atom. The molecule has 0 fully saturated rings. The fourth-order valence-corrected chi connectivity index (χ4v) is 3.12. The molecule has 11 heteroatoms. The van der Waals surface area contributed by atoms with Crippen LogP contribution in [0.25, 0.3) is 5.69 Å². The van der Waals surface area contributed by atoms with Crippen molar-refractivity contribution in [1.82, 2.24) is 9.47 Å². The molecule has 2 heterocycles. The van der Waals surface area contributed by atoms with Gasteiger partial charge >= 0.3 is 18.2 Å². The van der Waals surface area contributed by atoms with E-state index in [9.17, 15) is 22.4 Å². The lowest BCUT2D eigenvalue weighted by Gasteiger charge is -2.31. The van der Waals surface area contributed by atoms with E-state index >= 15 is 0 Å². The number of urea groups is 1. The fraction of sp³-hybridized carbons (Fsp3) is 0.294. The third kappa shape index (κ3) is 3.55. The number of amides is 2. The molecule has 3 rings (SSSR count). The Morgan fingerprint density at radius 1 is 1.29 bits per heavy atom. The molecule has 1 aliphatic heterocycles. The topological polar surface area (TPSA) is 56.1 Å². The number of fused-ring (bicyclic) bond motifs is 1. The molecule has 6 nitrogen and oxygen atoms in total. The number of carbonyl (C=O) groups excluding carboxylic acids is 1. The van der Waals surface area contributed by atoms with Gasteiger partial charge in [-0.05, 0) is 19.1 Å². The monoisotopic (exact) mass is 415 g/mol. The van der Waals surface area contributed by atoms with E-state index in [4.69, 9.17) is 6.42 Å². The van der Waals surface area contributed by atoms with E-state index in [2.05, 4.69) is 20.4 Å². The quantitative estimate of drug-likeness (QED) is 0.558. The summed E-state index contributed by atoms with van der Waals surface area (Å²) in [5.41, 5.74) is 0.263. The van der Waals surface area contributed by atoms with Crippen LogP contribution in [0, 0.1) is 19.3 Å². The standard InChI is InChI=1S/C17H13F4N3O3S/c1-4-7-23(3)14(25)22-15-24(9-10(2)28-15)11-5-6-12-13(8-11)27-17(20,21)16(18,19)26-12/h1,5-6,8-9H,7H2,2-3H3. The van der Waals surface area contributed by atoms with Crippen LogP contribution in [-0.2, 0) is 0 Å². The number of thiazole rings is 1.